The molecule has 0 spiro atoms. The lowest BCUT2D eigenvalue weighted by Crippen LogP contribution is -2.32. The molecule has 0 aliphatic carbocycles. The van der Waals surface area contributed by atoms with Crippen LogP contribution in [-0.2, 0) is 16.1 Å². The average molecular weight is 489 g/mol. The number of para-hydroxylation sites is 1. The molecule has 8 nitrogen and oxygen atoms in total. The number of primary amides is 1. The number of esters is 1. The van der Waals surface area contributed by atoms with Crippen molar-refractivity contribution in [1.82, 2.24) is 9.55 Å². The number of ether oxygens (including phenoxy) is 2. The van der Waals surface area contributed by atoms with Gasteiger partial charge in [0, 0.05) is 17.3 Å². The number of nitrogens with two attached hydrogens (primary N) is 1. The Hall–Kier alpha value is -4.15. The van der Waals surface area contributed by atoms with Crippen molar-refractivity contribution in [1.29, 1.82) is 0 Å². The molecule has 0 atom stereocenters. The van der Waals surface area contributed by atoms with E-state index in [1.165, 1.54) is 42.5 Å². The maximum absolute atomic E-state index is 13.1. The normalized spacial score (nSPS) is 11.7. The summed E-state index contributed by atoms with van der Waals surface area (Å²) in [6.07, 6.45) is -3.85. The van der Waals surface area contributed by atoms with Gasteiger partial charge in [-0.2, -0.15) is 0 Å². The van der Waals surface area contributed by atoms with Crippen LogP contribution in [0.1, 0.15) is 31.3 Å². The fraction of sp³-hybridized carbons (Fsp3) is 0.250. The number of rotatable bonds is 6. The van der Waals surface area contributed by atoms with E-state index in [-0.39, 0.29) is 22.5 Å². The number of hydrogen-bond acceptors (Lipinski definition) is 6. The number of alkyl halides is 3. The van der Waals surface area contributed by atoms with Crippen molar-refractivity contribution in [3.63, 3.8) is 0 Å². The Kier molecular flexibility index (Phi) is 6.99. The zero-order chi connectivity index (χ0) is 26.0. The molecular weight excluding hydrogens is 467 g/mol. The summed E-state index contributed by atoms with van der Waals surface area (Å²) in [5.74, 6) is -2.10. The highest BCUT2D eigenvalue weighted by atomic mass is 19.4. The van der Waals surface area contributed by atoms with E-state index in [1.54, 1.807) is 20.8 Å². The molecule has 0 aliphatic rings. The Morgan fingerprint density at radius 1 is 1.03 bits per heavy atom. The molecule has 0 saturated carbocycles. The smallest absolute Gasteiger partial charge is 0.459 e. The maximum atomic E-state index is 13.1. The van der Waals surface area contributed by atoms with Crippen LogP contribution in [0.25, 0.3) is 22.4 Å². The molecular formula is C24H22F3N3O5. The van der Waals surface area contributed by atoms with Crippen LogP contribution >= 0.6 is 0 Å². The summed E-state index contributed by atoms with van der Waals surface area (Å²) in [6.45, 7) is 4.47. The van der Waals surface area contributed by atoms with Gasteiger partial charge in [0.2, 0.25) is 0 Å². The van der Waals surface area contributed by atoms with Gasteiger partial charge in [-0.15, -0.1) is 13.2 Å². The quantitative estimate of drug-likeness (QED) is 0.525. The van der Waals surface area contributed by atoms with Gasteiger partial charge in [-0.1, -0.05) is 36.4 Å². The van der Waals surface area contributed by atoms with E-state index < -0.39 is 41.7 Å². The number of amides is 1. The molecule has 3 rings (SSSR count). The lowest BCUT2D eigenvalue weighted by molar-refractivity contribution is -0.274. The van der Waals surface area contributed by atoms with Gasteiger partial charge in [-0.3, -0.25) is 14.4 Å². The van der Waals surface area contributed by atoms with Crippen LogP contribution in [0.4, 0.5) is 13.2 Å². The first kappa shape index (κ1) is 25.5. The number of carbonyl (C=O) groups is 2. The molecule has 3 aromatic rings. The highest BCUT2D eigenvalue weighted by molar-refractivity contribution is 5.91. The highest BCUT2D eigenvalue weighted by Gasteiger charge is 2.32. The summed E-state index contributed by atoms with van der Waals surface area (Å²) >= 11 is 0. The average Bonchev–Trinajstić information content (AvgIpc) is 2.73. The molecule has 2 N–H and O–H groups in total. The molecule has 1 amide bonds. The molecule has 0 fully saturated rings. The van der Waals surface area contributed by atoms with Crippen molar-refractivity contribution in [2.75, 3.05) is 0 Å². The number of aromatic nitrogens is 2. The molecule has 1 aromatic heterocycles. The lowest BCUT2D eigenvalue weighted by atomic mass is 10.0. The maximum Gasteiger partial charge on any atom is 0.573 e. The summed E-state index contributed by atoms with van der Waals surface area (Å²) in [7, 11) is 0. The summed E-state index contributed by atoms with van der Waals surface area (Å²) in [6, 6.07) is 11.5. The molecule has 1 heterocycles. The Bertz CT molecular complexity index is 1330. The Balaban J connectivity index is 2.09. The van der Waals surface area contributed by atoms with Gasteiger partial charge in [0.05, 0.1) is 0 Å². The first-order valence-electron chi connectivity index (χ1n) is 10.3. The number of carbonyl (C=O) groups excluding carboxylic acids is 2. The third kappa shape index (κ3) is 6.69. The predicted octanol–water partition coefficient (Wildman–Crippen LogP) is 3.92. The van der Waals surface area contributed by atoms with Crippen LogP contribution in [0.15, 0.2) is 59.5 Å². The van der Waals surface area contributed by atoms with Gasteiger partial charge in [0.1, 0.15) is 29.3 Å². The summed E-state index contributed by atoms with van der Waals surface area (Å²) in [4.78, 5) is 41.3. The number of hydrogen-bond donors (Lipinski definition) is 1. The third-order valence-corrected chi connectivity index (χ3v) is 4.51. The van der Waals surface area contributed by atoms with Crippen LogP contribution in [0.5, 0.6) is 5.75 Å². The molecule has 0 bridgehead atoms. The Morgan fingerprint density at radius 2 is 1.69 bits per heavy atom. The van der Waals surface area contributed by atoms with Crippen LogP contribution in [-0.4, -0.2) is 33.4 Å². The van der Waals surface area contributed by atoms with E-state index in [9.17, 15) is 27.6 Å². The monoisotopic (exact) mass is 489 g/mol. The fourth-order valence-electron chi connectivity index (χ4n) is 3.23. The Labute approximate surface area is 198 Å². The lowest BCUT2D eigenvalue weighted by Gasteiger charge is -2.20. The minimum atomic E-state index is -4.90. The predicted molar refractivity (Wildman–Crippen MR) is 120 cm³/mol. The van der Waals surface area contributed by atoms with E-state index in [0.717, 1.165) is 16.8 Å². The van der Waals surface area contributed by atoms with E-state index in [4.69, 9.17) is 10.5 Å². The molecule has 11 heteroatoms. The van der Waals surface area contributed by atoms with Crippen molar-refractivity contribution in [3.05, 3.63) is 70.8 Å². The standard InChI is InChI=1S/C24H22F3N3O5/c1-23(2,3)35-19(31)13-30-12-17(21(28)32)29-20(22(30)33)15-8-6-7-14(11-15)16-9-4-5-10-18(16)34-24(25,26)27/h4-12H,13H2,1-3H3,(H2,28,32). The van der Waals surface area contributed by atoms with Gasteiger partial charge in [0.25, 0.3) is 11.5 Å². The third-order valence-electron chi connectivity index (χ3n) is 4.51. The number of nitrogens with zero attached hydrogens (tertiary/aromatic N) is 2. The van der Waals surface area contributed by atoms with Crippen molar-refractivity contribution in [2.24, 2.45) is 5.73 Å². The topological polar surface area (TPSA) is 114 Å². The zero-order valence-electron chi connectivity index (χ0n) is 19.1. The van der Waals surface area contributed by atoms with Gasteiger partial charge >= 0.3 is 12.3 Å². The molecule has 0 aliphatic heterocycles. The molecule has 0 radical (unpaired) electrons. The van der Waals surface area contributed by atoms with E-state index in [1.807, 2.05) is 0 Å². The second kappa shape index (κ2) is 9.61. The first-order valence-corrected chi connectivity index (χ1v) is 10.3. The van der Waals surface area contributed by atoms with Crippen LogP contribution in [0.3, 0.4) is 0 Å². The molecule has 2 aromatic carbocycles. The van der Waals surface area contributed by atoms with Gasteiger partial charge in [-0.05, 0) is 38.5 Å². The molecule has 35 heavy (non-hydrogen) atoms. The van der Waals surface area contributed by atoms with Crippen LogP contribution in [0.2, 0.25) is 0 Å². The summed E-state index contributed by atoms with van der Waals surface area (Å²) < 4.78 is 48.8. The van der Waals surface area contributed by atoms with E-state index in [2.05, 4.69) is 9.72 Å². The molecule has 0 unspecified atom stereocenters. The summed E-state index contributed by atoms with van der Waals surface area (Å²) in [5, 5.41) is 0. The van der Waals surface area contributed by atoms with Gasteiger partial charge in [0.15, 0.2) is 0 Å². The fourth-order valence-corrected chi connectivity index (χ4v) is 3.23. The number of halogens is 3. The van der Waals surface area contributed by atoms with Gasteiger partial charge < -0.3 is 19.8 Å². The van der Waals surface area contributed by atoms with Crippen LogP contribution < -0.4 is 16.0 Å². The van der Waals surface area contributed by atoms with E-state index >= 15 is 0 Å². The molecule has 0 saturated heterocycles. The summed E-state index contributed by atoms with van der Waals surface area (Å²) in [5.41, 5.74) is 3.93. The Morgan fingerprint density at radius 3 is 2.31 bits per heavy atom. The SMILES string of the molecule is CC(C)(C)OC(=O)Cn1cc(C(N)=O)nc(-c2cccc(-c3ccccc3OC(F)(F)F)c2)c1=O. The van der Waals surface area contributed by atoms with E-state index in [0.29, 0.717) is 5.56 Å². The first-order chi connectivity index (χ1) is 16.2. The van der Waals surface area contributed by atoms with Crippen LogP contribution in [0, 0.1) is 0 Å². The van der Waals surface area contributed by atoms with Crippen molar-refractivity contribution in [3.8, 4) is 28.1 Å². The van der Waals surface area contributed by atoms with Gasteiger partial charge in [-0.25, -0.2) is 4.98 Å². The highest BCUT2D eigenvalue weighted by Crippen LogP contribution is 2.34. The minimum absolute atomic E-state index is 0.117. The molecule has 184 valence electrons. The number of benzene rings is 2. The second-order valence-corrected chi connectivity index (χ2v) is 8.48. The van der Waals surface area contributed by atoms with Crippen molar-refractivity contribution in [2.45, 2.75) is 39.3 Å². The second-order valence-electron chi connectivity index (χ2n) is 8.48. The van der Waals surface area contributed by atoms with Crippen molar-refractivity contribution >= 4 is 11.9 Å². The zero-order valence-corrected chi connectivity index (χ0v) is 19.1. The minimum Gasteiger partial charge on any atom is -0.459 e. The van der Waals surface area contributed by atoms with Crippen molar-refractivity contribution < 1.29 is 32.2 Å². The largest absolute Gasteiger partial charge is 0.573 e.